The van der Waals surface area contributed by atoms with Crippen molar-refractivity contribution in [3.05, 3.63) is 53.5 Å². The van der Waals surface area contributed by atoms with E-state index in [0.29, 0.717) is 18.7 Å². The Morgan fingerprint density at radius 3 is 2.81 bits per heavy atom. The number of nitrogens with one attached hydrogen (secondary N) is 1. The Kier molecular flexibility index (Phi) is 4.88. The first-order valence-electron chi connectivity index (χ1n) is 9.65. The summed E-state index contributed by atoms with van der Waals surface area (Å²) in [6, 6.07) is 9.32. The van der Waals surface area contributed by atoms with Gasteiger partial charge in [0.15, 0.2) is 0 Å². The minimum atomic E-state index is -0.106. The fourth-order valence-electron chi connectivity index (χ4n) is 4.03. The highest BCUT2D eigenvalue weighted by Crippen LogP contribution is 2.32. The number of anilines is 1. The van der Waals surface area contributed by atoms with Gasteiger partial charge in [-0.3, -0.25) is 9.69 Å². The van der Waals surface area contributed by atoms with Crippen LogP contribution in [0.15, 0.2) is 41.0 Å². The van der Waals surface area contributed by atoms with Crippen LogP contribution in [0.25, 0.3) is 0 Å². The van der Waals surface area contributed by atoms with Gasteiger partial charge in [-0.1, -0.05) is 18.9 Å². The van der Waals surface area contributed by atoms with Crippen molar-refractivity contribution in [1.82, 2.24) is 10.2 Å². The number of nitrogens with zero attached hydrogens (tertiary/aromatic N) is 2. The number of benzene rings is 1. The summed E-state index contributed by atoms with van der Waals surface area (Å²) in [5.74, 6) is 0.843. The van der Waals surface area contributed by atoms with Crippen LogP contribution in [-0.4, -0.2) is 36.5 Å². The standard InChI is InChI=1S/C21H25N3O3/c1-15-8-9-16(14-18(15)24-12-10-22-21(24)26)20(25)23-11-4-2-3-6-17(23)19-7-5-13-27-19/h5,7-9,13-14,17H,2-4,6,10-12H2,1H3,(H,22,26). The third kappa shape index (κ3) is 3.44. The van der Waals surface area contributed by atoms with E-state index in [9.17, 15) is 9.59 Å². The van der Waals surface area contributed by atoms with E-state index in [1.165, 1.54) is 0 Å². The minimum absolute atomic E-state index is 0.000782. The molecule has 2 saturated heterocycles. The molecule has 0 saturated carbocycles. The summed E-state index contributed by atoms with van der Waals surface area (Å²) in [5.41, 5.74) is 2.41. The van der Waals surface area contributed by atoms with Crippen molar-refractivity contribution in [3.63, 3.8) is 0 Å². The van der Waals surface area contributed by atoms with Gasteiger partial charge in [-0.15, -0.1) is 0 Å². The first kappa shape index (κ1) is 17.6. The van der Waals surface area contributed by atoms with Gasteiger partial charge >= 0.3 is 6.03 Å². The van der Waals surface area contributed by atoms with Crippen molar-refractivity contribution >= 4 is 17.6 Å². The Morgan fingerprint density at radius 1 is 1.19 bits per heavy atom. The highest BCUT2D eigenvalue weighted by molar-refractivity contribution is 5.99. The second-order valence-electron chi connectivity index (χ2n) is 7.26. The van der Waals surface area contributed by atoms with Crippen molar-refractivity contribution in [2.75, 3.05) is 24.5 Å². The molecule has 3 heterocycles. The lowest BCUT2D eigenvalue weighted by Gasteiger charge is -2.29. The molecule has 142 valence electrons. The molecule has 1 aromatic carbocycles. The van der Waals surface area contributed by atoms with Gasteiger partial charge in [-0.25, -0.2) is 4.79 Å². The number of furan rings is 1. The molecule has 0 spiro atoms. The van der Waals surface area contributed by atoms with Gasteiger partial charge in [0, 0.05) is 30.9 Å². The SMILES string of the molecule is Cc1ccc(C(=O)N2CCCCCC2c2ccco2)cc1N1CCNC1=O. The third-order valence-corrected chi connectivity index (χ3v) is 5.49. The van der Waals surface area contributed by atoms with E-state index >= 15 is 0 Å². The van der Waals surface area contributed by atoms with E-state index in [1.54, 1.807) is 11.2 Å². The van der Waals surface area contributed by atoms with E-state index in [2.05, 4.69) is 5.32 Å². The average molecular weight is 367 g/mol. The number of urea groups is 1. The summed E-state index contributed by atoms with van der Waals surface area (Å²) in [5, 5.41) is 2.82. The molecule has 1 unspecified atom stereocenters. The van der Waals surface area contributed by atoms with E-state index in [0.717, 1.165) is 49.2 Å². The average Bonchev–Trinajstić information content (AvgIpc) is 3.28. The predicted molar refractivity (Wildman–Crippen MR) is 103 cm³/mol. The predicted octanol–water partition coefficient (Wildman–Crippen LogP) is 3.88. The normalized spacial score (nSPS) is 20.5. The molecule has 2 aliphatic heterocycles. The molecule has 0 bridgehead atoms. The number of aryl methyl sites for hydroxylation is 1. The van der Waals surface area contributed by atoms with E-state index in [4.69, 9.17) is 4.42 Å². The number of amides is 3. The number of likely N-dealkylation sites (tertiary alicyclic amines) is 1. The largest absolute Gasteiger partial charge is 0.467 e. The molecule has 2 aliphatic rings. The first-order valence-corrected chi connectivity index (χ1v) is 9.65. The summed E-state index contributed by atoms with van der Waals surface area (Å²) in [6.07, 6.45) is 5.78. The summed E-state index contributed by atoms with van der Waals surface area (Å²) in [7, 11) is 0. The van der Waals surface area contributed by atoms with Crippen molar-refractivity contribution < 1.29 is 14.0 Å². The Morgan fingerprint density at radius 2 is 2.07 bits per heavy atom. The van der Waals surface area contributed by atoms with Crippen molar-refractivity contribution in [2.24, 2.45) is 0 Å². The molecule has 0 radical (unpaired) electrons. The third-order valence-electron chi connectivity index (χ3n) is 5.49. The van der Waals surface area contributed by atoms with Gasteiger partial charge in [-0.2, -0.15) is 0 Å². The lowest BCUT2D eigenvalue weighted by molar-refractivity contribution is 0.0658. The summed E-state index contributed by atoms with van der Waals surface area (Å²) in [4.78, 5) is 29.1. The van der Waals surface area contributed by atoms with Gasteiger partial charge in [0.25, 0.3) is 5.91 Å². The summed E-state index contributed by atoms with van der Waals surface area (Å²) >= 11 is 0. The smallest absolute Gasteiger partial charge is 0.322 e. The number of carbonyl (C=O) groups is 2. The number of hydrogen-bond acceptors (Lipinski definition) is 3. The molecular formula is C21H25N3O3. The van der Waals surface area contributed by atoms with Crippen LogP contribution in [0.3, 0.4) is 0 Å². The van der Waals surface area contributed by atoms with Crippen LogP contribution >= 0.6 is 0 Å². The molecule has 6 heteroatoms. The fourth-order valence-corrected chi connectivity index (χ4v) is 4.03. The van der Waals surface area contributed by atoms with Gasteiger partial charge in [0.1, 0.15) is 5.76 Å². The topological polar surface area (TPSA) is 65.8 Å². The van der Waals surface area contributed by atoms with Gasteiger partial charge in [0.05, 0.1) is 12.3 Å². The number of rotatable bonds is 3. The maximum Gasteiger partial charge on any atom is 0.322 e. The molecule has 4 rings (SSSR count). The minimum Gasteiger partial charge on any atom is -0.467 e. The van der Waals surface area contributed by atoms with E-state index in [1.807, 2.05) is 42.2 Å². The zero-order valence-electron chi connectivity index (χ0n) is 15.6. The van der Waals surface area contributed by atoms with E-state index < -0.39 is 0 Å². The zero-order valence-corrected chi connectivity index (χ0v) is 15.6. The molecule has 1 N–H and O–H groups in total. The van der Waals surface area contributed by atoms with Gasteiger partial charge in [-0.05, 0) is 49.6 Å². The number of hydrogen-bond donors (Lipinski definition) is 1. The molecule has 3 amide bonds. The molecule has 0 aliphatic carbocycles. The van der Waals surface area contributed by atoms with E-state index in [-0.39, 0.29) is 18.0 Å². The van der Waals surface area contributed by atoms with Crippen LogP contribution < -0.4 is 10.2 Å². The highest BCUT2D eigenvalue weighted by atomic mass is 16.3. The quantitative estimate of drug-likeness (QED) is 0.895. The van der Waals surface area contributed by atoms with Crippen LogP contribution in [0.5, 0.6) is 0 Å². The van der Waals surface area contributed by atoms with Crippen molar-refractivity contribution in [3.8, 4) is 0 Å². The molecule has 27 heavy (non-hydrogen) atoms. The second kappa shape index (κ2) is 7.47. The van der Waals surface area contributed by atoms with Crippen molar-refractivity contribution in [1.29, 1.82) is 0 Å². The van der Waals surface area contributed by atoms with Crippen LogP contribution in [0.2, 0.25) is 0 Å². The van der Waals surface area contributed by atoms with Crippen LogP contribution in [0.1, 0.15) is 53.4 Å². The highest BCUT2D eigenvalue weighted by Gasteiger charge is 2.30. The maximum absolute atomic E-state index is 13.4. The summed E-state index contributed by atoms with van der Waals surface area (Å²) in [6.45, 7) is 3.93. The fraction of sp³-hybridized carbons (Fsp3) is 0.429. The number of carbonyl (C=O) groups excluding carboxylic acids is 2. The monoisotopic (exact) mass is 367 g/mol. The lowest BCUT2D eigenvalue weighted by Crippen LogP contribution is -2.35. The van der Waals surface area contributed by atoms with Crippen LogP contribution in [0.4, 0.5) is 10.5 Å². The Balaban J connectivity index is 1.65. The zero-order chi connectivity index (χ0) is 18.8. The first-order chi connectivity index (χ1) is 13.1. The molecule has 2 fully saturated rings. The molecule has 6 nitrogen and oxygen atoms in total. The molecule has 2 aromatic rings. The second-order valence-corrected chi connectivity index (χ2v) is 7.26. The summed E-state index contributed by atoms with van der Waals surface area (Å²) < 4.78 is 5.63. The molecular weight excluding hydrogens is 342 g/mol. The van der Waals surface area contributed by atoms with Crippen LogP contribution in [0, 0.1) is 6.92 Å². The molecule has 1 atom stereocenters. The van der Waals surface area contributed by atoms with Crippen LogP contribution in [-0.2, 0) is 0 Å². The Labute approximate surface area is 159 Å². The van der Waals surface area contributed by atoms with Gasteiger partial charge < -0.3 is 14.6 Å². The Hall–Kier alpha value is -2.76. The van der Waals surface area contributed by atoms with Gasteiger partial charge in [0.2, 0.25) is 0 Å². The Bertz CT molecular complexity index is 831. The molecule has 1 aromatic heterocycles. The lowest BCUT2D eigenvalue weighted by atomic mass is 10.0. The van der Waals surface area contributed by atoms with Crippen molar-refractivity contribution in [2.45, 2.75) is 38.6 Å². The maximum atomic E-state index is 13.4.